The number of piperidine rings is 1. The summed E-state index contributed by atoms with van der Waals surface area (Å²) in [5, 5.41) is 9.60. The van der Waals surface area contributed by atoms with E-state index in [0.29, 0.717) is 43.0 Å². The molecule has 10 heteroatoms. The van der Waals surface area contributed by atoms with Gasteiger partial charge in [0.1, 0.15) is 11.9 Å². The first-order chi connectivity index (χ1) is 16.5. The summed E-state index contributed by atoms with van der Waals surface area (Å²) in [6.45, 7) is 8.18. The topological polar surface area (TPSA) is 129 Å². The Bertz CT molecular complexity index is 1280. The highest BCUT2D eigenvalue weighted by Gasteiger charge is 2.30. The zero-order valence-corrected chi connectivity index (χ0v) is 21.2. The van der Waals surface area contributed by atoms with Crippen LogP contribution in [-0.4, -0.2) is 45.0 Å². The fourth-order valence-corrected chi connectivity index (χ4v) is 5.38. The number of rotatable bonds is 7. The molecule has 0 spiro atoms. The van der Waals surface area contributed by atoms with Gasteiger partial charge >= 0.3 is 5.97 Å². The molecular formula is C25H30N4O5S. The molecule has 35 heavy (non-hydrogen) atoms. The molecule has 186 valence electrons. The van der Waals surface area contributed by atoms with E-state index >= 15 is 0 Å². The second-order valence-corrected chi connectivity index (χ2v) is 10.5. The summed E-state index contributed by atoms with van der Waals surface area (Å²) in [4.78, 5) is 31.2. The minimum absolute atomic E-state index is 0.220. The van der Waals surface area contributed by atoms with E-state index in [1.165, 1.54) is 6.07 Å². The molecular weight excluding hydrogens is 468 g/mol. The summed E-state index contributed by atoms with van der Waals surface area (Å²) >= 11 is 0. The van der Waals surface area contributed by atoms with E-state index in [0.717, 1.165) is 11.1 Å². The lowest BCUT2D eigenvalue weighted by atomic mass is 9.96. The molecule has 2 heterocycles. The van der Waals surface area contributed by atoms with Crippen LogP contribution in [-0.2, 0) is 25.3 Å². The van der Waals surface area contributed by atoms with Crippen molar-refractivity contribution in [3.05, 3.63) is 57.8 Å². The van der Waals surface area contributed by atoms with Gasteiger partial charge in [-0.1, -0.05) is 23.8 Å². The Labute approximate surface area is 206 Å². The van der Waals surface area contributed by atoms with E-state index in [-0.39, 0.29) is 23.5 Å². The van der Waals surface area contributed by atoms with Crippen LogP contribution in [0.15, 0.2) is 24.3 Å². The summed E-state index contributed by atoms with van der Waals surface area (Å²) in [5.74, 6) is -1.33. The van der Waals surface area contributed by atoms with Crippen molar-refractivity contribution < 1.29 is 22.7 Å². The zero-order chi connectivity index (χ0) is 25.8. The largest absolute Gasteiger partial charge is 0.462 e. The van der Waals surface area contributed by atoms with Gasteiger partial charge < -0.3 is 9.64 Å². The molecule has 2 aromatic rings. The third-order valence-electron chi connectivity index (χ3n) is 6.08. The SMILES string of the molecule is CCOC(=O)c1cc(C#N)c(N2CCC(C(=O)NS(=O)(=O)Cc3cc(C)ccc3C)CC2)nc1C. The minimum Gasteiger partial charge on any atom is -0.462 e. The first kappa shape index (κ1) is 26.2. The van der Waals surface area contributed by atoms with Crippen LogP contribution in [0.4, 0.5) is 5.82 Å². The van der Waals surface area contributed by atoms with Crippen molar-refractivity contribution in [3.63, 3.8) is 0 Å². The standard InChI is InChI=1S/C25H30N4O5S/c1-5-34-25(31)22-13-20(14-26)23(27-18(22)4)29-10-8-19(9-11-29)24(30)28-35(32,33)15-21-12-16(2)6-7-17(21)3/h6-7,12-13,19H,5,8-11,15H2,1-4H3,(H,28,30). The fourth-order valence-electron chi connectivity index (χ4n) is 4.12. The normalized spacial score (nSPS) is 14.3. The van der Waals surface area contributed by atoms with Crippen molar-refractivity contribution in [2.24, 2.45) is 5.92 Å². The van der Waals surface area contributed by atoms with Crippen molar-refractivity contribution in [1.82, 2.24) is 9.71 Å². The molecule has 0 saturated carbocycles. The highest BCUT2D eigenvalue weighted by molar-refractivity contribution is 7.89. The Kier molecular flexibility index (Phi) is 8.12. The Balaban J connectivity index is 1.66. The molecule has 1 aliphatic rings. The Hall–Kier alpha value is -3.45. The van der Waals surface area contributed by atoms with Gasteiger partial charge in [0, 0.05) is 19.0 Å². The summed E-state index contributed by atoms with van der Waals surface area (Å²) in [5.41, 5.74) is 3.42. The molecule has 1 aromatic carbocycles. The number of benzene rings is 1. The average molecular weight is 499 g/mol. The third-order valence-corrected chi connectivity index (χ3v) is 7.28. The van der Waals surface area contributed by atoms with Gasteiger partial charge in [-0.05, 0) is 57.7 Å². The Morgan fingerprint density at radius 2 is 1.89 bits per heavy atom. The minimum atomic E-state index is -3.83. The first-order valence-corrected chi connectivity index (χ1v) is 13.1. The zero-order valence-electron chi connectivity index (χ0n) is 20.4. The summed E-state index contributed by atoms with van der Waals surface area (Å²) in [6, 6.07) is 9.15. The Morgan fingerprint density at radius 3 is 2.51 bits per heavy atom. The second kappa shape index (κ2) is 10.9. The van der Waals surface area contributed by atoms with Crippen LogP contribution in [0.3, 0.4) is 0 Å². The van der Waals surface area contributed by atoms with Gasteiger partial charge in [-0.2, -0.15) is 5.26 Å². The fraction of sp³-hybridized carbons (Fsp3) is 0.440. The van der Waals surface area contributed by atoms with Crippen LogP contribution in [0.2, 0.25) is 0 Å². The average Bonchev–Trinajstić information content (AvgIpc) is 2.81. The summed E-state index contributed by atoms with van der Waals surface area (Å²) < 4.78 is 32.5. The number of nitrogens with one attached hydrogen (secondary N) is 1. The number of aromatic nitrogens is 1. The number of aryl methyl sites for hydroxylation is 3. The molecule has 0 aliphatic carbocycles. The lowest BCUT2D eigenvalue weighted by Crippen LogP contribution is -2.43. The highest BCUT2D eigenvalue weighted by Crippen LogP contribution is 2.27. The number of hydrogen-bond donors (Lipinski definition) is 1. The molecule has 0 radical (unpaired) electrons. The van der Waals surface area contributed by atoms with Crippen molar-refractivity contribution in [3.8, 4) is 6.07 Å². The second-order valence-electron chi connectivity index (χ2n) is 8.74. The number of hydrogen-bond acceptors (Lipinski definition) is 8. The van der Waals surface area contributed by atoms with Crippen LogP contribution in [0.25, 0.3) is 0 Å². The van der Waals surface area contributed by atoms with E-state index in [9.17, 15) is 23.3 Å². The van der Waals surface area contributed by atoms with E-state index in [1.807, 2.05) is 36.9 Å². The van der Waals surface area contributed by atoms with Crippen molar-refractivity contribution in [2.45, 2.75) is 46.3 Å². The number of pyridine rings is 1. The predicted octanol–water partition coefficient (Wildman–Crippen LogP) is 2.92. The number of carbonyl (C=O) groups excluding carboxylic acids is 2. The molecule has 1 N–H and O–H groups in total. The van der Waals surface area contributed by atoms with Gasteiger partial charge in [-0.3, -0.25) is 9.52 Å². The van der Waals surface area contributed by atoms with Crippen LogP contribution >= 0.6 is 0 Å². The highest BCUT2D eigenvalue weighted by atomic mass is 32.2. The maximum Gasteiger partial charge on any atom is 0.340 e. The Morgan fingerprint density at radius 1 is 1.20 bits per heavy atom. The van der Waals surface area contributed by atoms with Gasteiger partial charge in [-0.25, -0.2) is 18.2 Å². The molecule has 9 nitrogen and oxygen atoms in total. The van der Waals surface area contributed by atoms with Crippen molar-refractivity contribution >= 4 is 27.7 Å². The molecule has 0 atom stereocenters. The van der Waals surface area contributed by atoms with Crippen LogP contribution < -0.4 is 9.62 Å². The van der Waals surface area contributed by atoms with Crippen LogP contribution in [0, 0.1) is 38.0 Å². The number of esters is 1. The van der Waals surface area contributed by atoms with Crippen LogP contribution in [0.5, 0.6) is 0 Å². The van der Waals surface area contributed by atoms with Crippen molar-refractivity contribution in [2.75, 3.05) is 24.6 Å². The summed E-state index contributed by atoms with van der Waals surface area (Å²) in [7, 11) is -3.83. The number of carbonyl (C=O) groups is 2. The third kappa shape index (κ3) is 6.36. The van der Waals surface area contributed by atoms with Gasteiger partial charge in [0.2, 0.25) is 15.9 Å². The summed E-state index contributed by atoms with van der Waals surface area (Å²) in [6.07, 6.45) is 0.825. The van der Waals surface area contributed by atoms with E-state index in [2.05, 4.69) is 15.8 Å². The molecule has 1 aromatic heterocycles. The van der Waals surface area contributed by atoms with E-state index in [1.54, 1.807) is 13.8 Å². The molecule has 1 fully saturated rings. The lowest BCUT2D eigenvalue weighted by Gasteiger charge is -2.32. The monoisotopic (exact) mass is 498 g/mol. The van der Waals surface area contributed by atoms with E-state index in [4.69, 9.17) is 4.74 Å². The molecule has 0 bridgehead atoms. The molecule has 1 aliphatic heterocycles. The van der Waals surface area contributed by atoms with Crippen LogP contribution in [0.1, 0.15) is 58.1 Å². The van der Waals surface area contributed by atoms with E-state index < -0.39 is 27.8 Å². The number of nitriles is 1. The number of anilines is 1. The molecule has 0 unspecified atom stereocenters. The van der Waals surface area contributed by atoms with Gasteiger partial charge in [0.25, 0.3) is 0 Å². The maximum atomic E-state index is 12.7. The smallest absolute Gasteiger partial charge is 0.340 e. The van der Waals surface area contributed by atoms with Crippen molar-refractivity contribution in [1.29, 1.82) is 5.26 Å². The first-order valence-electron chi connectivity index (χ1n) is 11.5. The molecule has 1 amide bonds. The lowest BCUT2D eigenvalue weighted by molar-refractivity contribution is -0.123. The molecule has 1 saturated heterocycles. The maximum absolute atomic E-state index is 12.7. The number of nitrogens with zero attached hydrogens (tertiary/aromatic N) is 3. The van der Waals surface area contributed by atoms with Gasteiger partial charge in [-0.15, -0.1) is 0 Å². The quantitative estimate of drug-likeness (QED) is 0.577. The van der Waals surface area contributed by atoms with Gasteiger partial charge in [0.15, 0.2) is 0 Å². The number of sulfonamides is 1. The number of amides is 1. The number of ether oxygens (including phenoxy) is 1. The molecule has 3 rings (SSSR count). The van der Waals surface area contributed by atoms with Gasteiger partial charge in [0.05, 0.1) is 29.2 Å². The predicted molar refractivity (Wildman–Crippen MR) is 131 cm³/mol.